The molecule has 0 aliphatic heterocycles. The molecule has 0 amide bonds. The molecule has 2 nitrogen and oxygen atoms in total. The van der Waals surface area contributed by atoms with Crippen molar-refractivity contribution >= 4 is 5.97 Å². The molecule has 4 heteroatoms. The lowest BCUT2D eigenvalue weighted by Crippen LogP contribution is -2.00. The second kappa shape index (κ2) is 10.9. The van der Waals surface area contributed by atoms with E-state index in [2.05, 4.69) is 6.92 Å². The molecule has 1 N–H and O–H groups in total. The van der Waals surface area contributed by atoms with Crippen molar-refractivity contribution in [2.75, 3.05) is 0 Å². The van der Waals surface area contributed by atoms with Crippen molar-refractivity contribution in [1.82, 2.24) is 0 Å². The van der Waals surface area contributed by atoms with Gasteiger partial charge in [-0.05, 0) is 59.4 Å². The van der Waals surface area contributed by atoms with E-state index in [4.69, 9.17) is 0 Å². The first-order chi connectivity index (χ1) is 15.0. The summed E-state index contributed by atoms with van der Waals surface area (Å²) in [5.41, 5.74) is 3.38. The number of benzene rings is 3. The van der Waals surface area contributed by atoms with E-state index in [0.717, 1.165) is 24.5 Å². The van der Waals surface area contributed by atoms with Crippen LogP contribution in [0.4, 0.5) is 8.78 Å². The number of carbonyl (C=O) groups is 1. The third-order valence-electron chi connectivity index (χ3n) is 5.58. The smallest absolute Gasteiger partial charge is 0.336 e. The molecule has 31 heavy (non-hydrogen) atoms. The number of unbranched alkanes of at least 4 members (excludes halogenated alkanes) is 5. The van der Waals surface area contributed by atoms with Gasteiger partial charge in [0.05, 0.1) is 5.56 Å². The first kappa shape index (κ1) is 22.7. The molecule has 0 aliphatic rings. The van der Waals surface area contributed by atoms with Crippen LogP contribution in [-0.4, -0.2) is 11.1 Å². The summed E-state index contributed by atoms with van der Waals surface area (Å²) in [4.78, 5) is 11.7. The zero-order valence-electron chi connectivity index (χ0n) is 17.8. The van der Waals surface area contributed by atoms with E-state index in [1.165, 1.54) is 55.9 Å². The summed E-state index contributed by atoms with van der Waals surface area (Å²) in [6.45, 7) is 2.21. The Morgan fingerprint density at radius 3 is 2.13 bits per heavy atom. The van der Waals surface area contributed by atoms with Crippen LogP contribution in [0.15, 0.2) is 60.7 Å². The molecule has 0 radical (unpaired) electrons. The fourth-order valence-corrected chi connectivity index (χ4v) is 3.82. The van der Waals surface area contributed by atoms with Crippen LogP contribution in [0.3, 0.4) is 0 Å². The maximum Gasteiger partial charge on any atom is 0.336 e. The summed E-state index contributed by atoms with van der Waals surface area (Å²) in [6, 6.07) is 16.0. The highest BCUT2D eigenvalue weighted by molar-refractivity contribution is 5.97. The molecule has 0 heterocycles. The predicted octanol–water partition coefficient (Wildman–Crippen LogP) is 7.90. The standard InChI is InChI=1S/C27H28F2O2/c1-2-3-4-5-6-7-8-19-9-11-20(12-10-19)25-17-21(13-15-24(25)27(30)31)23-16-14-22(28)18-26(23)29/h9-18H,2-8H2,1H3,(H,30,31). The quantitative estimate of drug-likeness (QED) is 0.337. The van der Waals surface area contributed by atoms with Gasteiger partial charge in [0.2, 0.25) is 0 Å². The Morgan fingerprint density at radius 1 is 0.774 bits per heavy atom. The van der Waals surface area contributed by atoms with Gasteiger partial charge in [-0.2, -0.15) is 0 Å². The third kappa shape index (κ3) is 6.00. The van der Waals surface area contributed by atoms with Gasteiger partial charge in [-0.1, -0.05) is 69.4 Å². The van der Waals surface area contributed by atoms with Gasteiger partial charge in [-0.25, -0.2) is 13.6 Å². The van der Waals surface area contributed by atoms with E-state index < -0.39 is 17.6 Å². The molecular weight excluding hydrogens is 394 g/mol. The molecule has 0 saturated heterocycles. The summed E-state index contributed by atoms with van der Waals surface area (Å²) in [5, 5.41) is 9.62. The van der Waals surface area contributed by atoms with E-state index in [1.807, 2.05) is 24.3 Å². The van der Waals surface area contributed by atoms with Crippen molar-refractivity contribution < 1.29 is 18.7 Å². The summed E-state index contributed by atoms with van der Waals surface area (Å²) in [7, 11) is 0. The van der Waals surface area contributed by atoms with Gasteiger partial charge in [0.25, 0.3) is 0 Å². The van der Waals surface area contributed by atoms with Crippen molar-refractivity contribution in [1.29, 1.82) is 0 Å². The summed E-state index contributed by atoms with van der Waals surface area (Å²) >= 11 is 0. The number of aromatic carboxylic acids is 1. The van der Waals surface area contributed by atoms with Gasteiger partial charge in [-0.15, -0.1) is 0 Å². The molecule has 0 spiro atoms. The zero-order chi connectivity index (χ0) is 22.2. The normalized spacial score (nSPS) is 10.9. The van der Waals surface area contributed by atoms with Crippen LogP contribution in [0.2, 0.25) is 0 Å². The molecule has 0 saturated carbocycles. The Bertz CT molecular complexity index is 1030. The number of aryl methyl sites for hydroxylation is 1. The Morgan fingerprint density at radius 2 is 1.45 bits per heavy atom. The Kier molecular flexibility index (Phi) is 7.94. The lowest BCUT2D eigenvalue weighted by Gasteiger charge is -2.11. The minimum Gasteiger partial charge on any atom is -0.478 e. The number of hydrogen-bond donors (Lipinski definition) is 1. The van der Waals surface area contributed by atoms with E-state index in [-0.39, 0.29) is 11.1 Å². The van der Waals surface area contributed by atoms with Crippen LogP contribution in [-0.2, 0) is 6.42 Å². The van der Waals surface area contributed by atoms with Gasteiger partial charge >= 0.3 is 5.97 Å². The van der Waals surface area contributed by atoms with Crippen molar-refractivity contribution in [3.05, 3.63) is 83.4 Å². The molecule has 0 unspecified atom stereocenters. The van der Waals surface area contributed by atoms with Crippen LogP contribution in [0, 0.1) is 11.6 Å². The van der Waals surface area contributed by atoms with E-state index in [0.29, 0.717) is 11.1 Å². The van der Waals surface area contributed by atoms with Crippen LogP contribution < -0.4 is 0 Å². The Labute approximate surface area is 182 Å². The predicted molar refractivity (Wildman–Crippen MR) is 121 cm³/mol. The molecule has 3 aromatic rings. The minimum atomic E-state index is -1.04. The lowest BCUT2D eigenvalue weighted by molar-refractivity contribution is 0.0697. The number of hydrogen-bond acceptors (Lipinski definition) is 1. The van der Waals surface area contributed by atoms with Crippen molar-refractivity contribution in [3.63, 3.8) is 0 Å². The number of halogens is 2. The second-order valence-electron chi connectivity index (χ2n) is 7.90. The topological polar surface area (TPSA) is 37.3 Å². The van der Waals surface area contributed by atoms with E-state index in [9.17, 15) is 18.7 Å². The van der Waals surface area contributed by atoms with Gasteiger partial charge in [-0.3, -0.25) is 0 Å². The fourth-order valence-electron chi connectivity index (χ4n) is 3.82. The van der Waals surface area contributed by atoms with Crippen LogP contribution >= 0.6 is 0 Å². The highest BCUT2D eigenvalue weighted by Gasteiger charge is 2.15. The van der Waals surface area contributed by atoms with E-state index in [1.54, 1.807) is 12.1 Å². The Hall–Kier alpha value is -3.01. The van der Waals surface area contributed by atoms with Crippen LogP contribution in [0.25, 0.3) is 22.3 Å². The first-order valence-corrected chi connectivity index (χ1v) is 10.9. The third-order valence-corrected chi connectivity index (χ3v) is 5.58. The molecule has 0 atom stereocenters. The number of rotatable bonds is 10. The van der Waals surface area contributed by atoms with Gasteiger partial charge < -0.3 is 5.11 Å². The molecule has 0 fully saturated rings. The Balaban J connectivity index is 1.81. The van der Waals surface area contributed by atoms with E-state index >= 15 is 0 Å². The maximum atomic E-state index is 14.2. The summed E-state index contributed by atoms with van der Waals surface area (Å²) in [6.07, 6.45) is 8.45. The van der Waals surface area contributed by atoms with Gasteiger partial charge in [0, 0.05) is 11.6 Å². The molecule has 0 aliphatic carbocycles. The van der Waals surface area contributed by atoms with Crippen LogP contribution in [0.1, 0.15) is 61.4 Å². The molecule has 3 aromatic carbocycles. The molecular formula is C27H28F2O2. The SMILES string of the molecule is CCCCCCCCc1ccc(-c2cc(-c3ccc(F)cc3F)ccc2C(=O)O)cc1. The number of carboxylic acid groups (broad SMARTS) is 1. The summed E-state index contributed by atoms with van der Waals surface area (Å²) < 4.78 is 27.5. The average molecular weight is 423 g/mol. The lowest BCUT2D eigenvalue weighted by atomic mass is 9.93. The largest absolute Gasteiger partial charge is 0.478 e. The highest BCUT2D eigenvalue weighted by Crippen LogP contribution is 2.31. The van der Waals surface area contributed by atoms with Gasteiger partial charge in [0.1, 0.15) is 11.6 Å². The fraction of sp³-hybridized carbons (Fsp3) is 0.296. The molecule has 3 rings (SSSR count). The number of carboxylic acids is 1. The van der Waals surface area contributed by atoms with Crippen molar-refractivity contribution in [3.8, 4) is 22.3 Å². The monoisotopic (exact) mass is 422 g/mol. The highest BCUT2D eigenvalue weighted by atomic mass is 19.1. The van der Waals surface area contributed by atoms with Crippen molar-refractivity contribution in [2.24, 2.45) is 0 Å². The van der Waals surface area contributed by atoms with Crippen LogP contribution in [0.5, 0.6) is 0 Å². The maximum absolute atomic E-state index is 14.2. The molecule has 162 valence electrons. The van der Waals surface area contributed by atoms with Crippen molar-refractivity contribution in [2.45, 2.75) is 51.9 Å². The minimum absolute atomic E-state index is 0.148. The first-order valence-electron chi connectivity index (χ1n) is 10.9. The average Bonchev–Trinajstić information content (AvgIpc) is 2.76. The summed E-state index contributed by atoms with van der Waals surface area (Å²) in [5.74, 6) is -2.37. The zero-order valence-corrected chi connectivity index (χ0v) is 17.8. The molecule has 0 aromatic heterocycles. The molecule has 0 bridgehead atoms. The second-order valence-corrected chi connectivity index (χ2v) is 7.90. The van der Waals surface area contributed by atoms with Gasteiger partial charge in [0.15, 0.2) is 0 Å².